The molecule has 0 aliphatic heterocycles. The minimum atomic E-state index is -0.570. The lowest BCUT2D eigenvalue weighted by atomic mass is 10.2. The second-order valence-corrected chi connectivity index (χ2v) is 3.34. The molecule has 17 heavy (non-hydrogen) atoms. The largest absolute Gasteiger partial charge is 0.490 e. The number of hydrogen-bond donors (Lipinski definition) is 0. The number of benzene rings is 1. The van der Waals surface area contributed by atoms with Crippen LogP contribution in [0.5, 0.6) is 17.2 Å². The lowest BCUT2D eigenvalue weighted by Gasteiger charge is -2.12. The van der Waals surface area contributed by atoms with Gasteiger partial charge in [-0.05, 0) is 18.6 Å². The lowest BCUT2D eigenvalue weighted by Crippen LogP contribution is -2.08. The Hall–Kier alpha value is -1.78. The molecule has 5 heteroatoms. The van der Waals surface area contributed by atoms with Gasteiger partial charge in [-0.25, -0.2) is 4.39 Å². The summed E-state index contributed by atoms with van der Waals surface area (Å²) >= 11 is 0. The Morgan fingerprint density at radius 2 is 1.88 bits per heavy atom. The first kappa shape index (κ1) is 13.3. The normalized spacial score (nSPS) is 9.88. The predicted octanol–water partition coefficient (Wildman–Crippen LogP) is 2.55. The van der Waals surface area contributed by atoms with Crippen molar-refractivity contribution in [1.82, 2.24) is 0 Å². The van der Waals surface area contributed by atoms with Crippen LogP contribution < -0.4 is 14.2 Å². The molecular formula is C12H15FO4. The summed E-state index contributed by atoms with van der Waals surface area (Å²) in [6, 6.07) is 2.50. The smallest absolute Gasteiger partial charge is 0.311 e. The van der Waals surface area contributed by atoms with Crippen molar-refractivity contribution in [2.24, 2.45) is 0 Å². The zero-order valence-electron chi connectivity index (χ0n) is 10.1. The fourth-order valence-electron chi connectivity index (χ4n) is 1.36. The molecule has 1 aromatic rings. The SMILES string of the molecule is CCCC(=O)Oc1ccc(F)c(OC)c1OC. The van der Waals surface area contributed by atoms with E-state index in [1.807, 2.05) is 6.92 Å². The molecule has 0 unspecified atom stereocenters. The van der Waals surface area contributed by atoms with E-state index in [0.717, 1.165) is 6.07 Å². The highest BCUT2D eigenvalue weighted by molar-refractivity contribution is 5.73. The van der Waals surface area contributed by atoms with E-state index in [1.54, 1.807) is 0 Å². The van der Waals surface area contributed by atoms with Gasteiger partial charge in [-0.15, -0.1) is 0 Å². The zero-order chi connectivity index (χ0) is 12.8. The summed E-state index contributed by atoms with van der Waals surface area (Å²) < 4.78 is 28.3. The van der Waals surface area contributed by atoms with E-state index in [1.165, 1.54) is 20.3 Å². The van der Waals surface area contributed by atoms with Gasteiger partial charge in [0.25, 0.3) is 0 Å². The third-order valence-corrected chi connectivity index (χ3v) is 2.11. The van der Waals surface area contributed by atoms with Gasteiger partial charge in [-0.3, -0.25) is 4.79 Å². The van der Waals surface area contributed by atoms with Gasteiger partial charge in [0.2, 0.25) is 11.5 Å². The average molecular weight is 242 g/mol. The number of rotatable bonds is 5. The highest BCUT2D eigenvalue weighted by Gasteiger charge is 2.18. The first-order chi connectivity index (χ1) is 8.13. The third kappa shape index (κ3) is 3.09. The fraction of sp³-hybridized carbons (Fsp3) is 0.417. The van der Waals surface area contributed by atoms with Crippen molar-refractivity contribution < 1.29 is 23.4 Å². The molecule has 0 atom stereocenters. The van der Waals surface area contributed by atoms with Crippen LogP contribution in [-0.2, 0) is 4.79 Å². The molecule has 0 aromatic heterocycles. The molecule has 0 aliphatic rings. The highest BCUT2D eigenvalue weighted by atomic mass is 19.1. The van der Waals surface area contributed by atoms with Crippen molar-refractivity contribution >= 4 is 5.97 Å². The maximum Gasteiger partial charge on any atom is 0.311 e. The average Bonchev–Trinajstić information content (AvgIpc) is 2.31. The summed E-state index contributed by atoms with van der Waals surface area (Å²) in [6.45, 7) is 1.86. The summed E-state index contributed by atoms with van der Waals surface area (Å²) in [5, 5.41) is 0. The Labute approximate surface area is 99.3 Å². The van der Waals surface area contributed by atoms with Crippen molar-refractivity contribution in [3.63, 3.8) is 0 Å². The van der Waals surface area contributed by atoms with Gasteiger partial charge < -0.3 is 14.2 Å². The Morgan fingerprint density at radius 1 is 1.24 bits per heavy atom. The van der Waals surface area contributed by atoms with Gasteiger partial charge in [0.1, 0.15) is 0 Å². The Kier molecular flexibility index (Phi) is 4.75. The first-order valence-electron chi connectivity index (χ1n) is 5.25. The van der Waals surface area contributed by atoms with Crippen molar-refractivity contribution in [2.45, 2.75) is 19.8 Å². The molecule has 0 saturated heterocycles. The minimum absolute atomic E-state index is 0.0747. The number of halogens is 1. The van der Waals surface area contributed by atoms with Crippen LogP contribution >= 0.6 is 0 Å². The van der Waals surface area contributed by atoms with Gasteiger partial charge in [-0.1, -0.05) is 6.92 Å². The van der Waals surface area contributed by atoms with E-state index in [4.69, 9.17) is 14.2 Å². The van der Waals surface area contributed by atoms with Crippen LogP contribution in [0.15, 0.2) is 12.1 Å². The van der Waals surface area contributed by atoms with E-state index in [2.05, 4.69) is 0 Å². The van der Waals surface area contributed by atoms with Crippen molar-refractivity contribution in [1.29, 1.82) is 0 Å². The molecule has 1 rings (SSSR count). The molecule has 0 bridgehead atoms. The van der Waals surface area contributed by atoms with E-state index < -0.39 is 5.82 Å². The van der Waals surface area contributed by atoms with E-state index >= 15 is 0 Å². The number of carbonyl (C=O) groups excluding carboxylic acids is 1. The van der Waals surface area contributed by atoms with Crippen LogP contribution in [0, 0.1) is 5.82 Å². The van der Waals surface area contributed by atoms with E-state index in [9.17, 15) is 9.18 Å². The number of carbonyl (C=O) groups is 1. The van der Waals surface area contributed by atoms with Gasteiger partial charge in [-0.2, -0.15) is 0 Å². The van der Waals surface area contributed by atoms with Crippen LogP contribution in [0.25, 0.3) is 0 Å². The molecule has 94 valence electrons. The van der Waals surface area contributed by atoms with Crippen LogP contribution in [-0.4, -0.2) is 20.2 Å². The monoisotopic (exact) mass is 242 g/mol. The molecule has 0 saturated carbocycles. The molecule has 1 aromatic carbocycles. The summed E-state index contributed by atoms with van der Waals surface area (Å²) in [7, 11) is 2.67. The Morgan fingerprint density at radius 3 is 2.41 bits per heavy atom. The van der Waals surface area contributed by atoms with E-state index in [0.29, 0.717) is 12.8 Å². The summed E-state index contributed by atoms with van der Waals surface area (Å²) in [5.41, 5.74) is 0. The van der Waals surface area contributed by atoms with Crippen molar-refractivity contribution in [3.8, 4) is 17.2 Å². The second-order valence-electron chi connectivity index (χ2n) is 3.34. The number of hydrogen-bond acceptors (Lipinski definition) is 4. The molecule has 0 radical (unpaired) electrons. The van der Waals surface area contributed by atoms with Crippen LogP contribution in [0.1, 0.15) is 19.8 Å². The molecular weight excluding hydrogens is 227 g/mol. The number of ether oxygens (including phenoxy) is 3. The Balaban J connectivity index is 3.03. The summed E-state index contributed by atoms with van der Waals surface area (Å²) in [6.07, 6.45) is 0.975. The first-order valence-corrected chi connectivity index (χ1v) is 5.25. The molecule has 0 heterocycles. The van der Waals surface area contributed by atoms with E-state index in [-0.39, 0.29) is 23.2 Å². The van der Waals surface area contributed by atoms with Crippen LogP contribution in [0.3, 0.4) is 0 Å². The standard InChI is InChI=1S/C12H15FO4/c1-4-5-10(14)17-9-7-6-8(13)11(15-2)12(9)16-3/h6-7H,4-5H2,1-3H3. The predicted molar refractivity (Wildman–Crippen MR) is 60.0 cm³/mol. The number of methoxy groups -OCH3 is 2. The Bertz CT molecular complexity index is 404. The van der Waals surface area contributed by atoms with Gasteiger partial charge in [0.05, 0.1) is 14.2 Å². The van der Waals surface area contributed by atoms with Gasteiger partial charge >= 0.3 is 5.97 Å². The molecule has 0 fully saturated rings. The molecule has 0 N–H and O–H groups in total. The van der Waals surface area contributed by atoms with Crippen molar-refractivity contribution in [2.75, 3.05) is 14.2 Å². The minimum Gasteiger partial charge on any atom is -0.490 e. The summed E-state index contributed by atoms with van der Waals surface area (Å²) in [5.74, 6) is -0.797. The fourth-order valence-corrected chi connectivity index (χ4v) is 1.36. The maximum atomic E-state index is 13.4. The zero-order valence-corrected chi connectivity index (χ0v) is 10.1. The highest BCUT2D eigenvalue weighted by Crippen LogP contribution is 2.39. The topological polar surface area (TPSA) is 44.8 Å². The van der Waals surface area contributed by atoms with Crippen LogP contribution in [0.4, 0.5) is 4.39 Å². The third-order valence-electron chi connectivity index (χ3n) is 2.11. The van der Waals surface area contributed by atoms with Crippen molar-refractivity contribution in [3.05, 3.63) is 17.9 Å². The maximum absolute atomic E-state index is 13.4. The van der Waals surface area contributed by atoms with Gasteiger partial charge in [0, 0.05) is 6.42 Å². The molecule has 0 aliphatic carbocycles. The number of esters is 1. The molecule has 4 nitrogen and oxygen atoms in total. The summed E-state index contributed by atoms with van der Waals surface area (Å²) in [4.78, 5) is 11.4. The second kappa shape index (κ2) is 6.08. The lowest BCUT2D eigenvalue weighted by molar-refractivity contribution is -0.134. The molecule has 0 spiro atoms. The van der Waals surface area contributed by atoms with Gasteiger partial charge in [0.15, 0.2) is 11.6 Å². The molecule has 0 amide bonds. The van der Waals surface area contributed by atoms with Crippen LogP contribution in [0.2, 0.25) is 0 Å². The quantitative estimate of drug-likeness (QED) is 0.588.